The molecule has 1 heterocycles. The molecule has 6 heteroatoms. The summed E-state index contributed by atoms with van der Waals surface area (Å²) in [5.74, 6) is -0.883. The molecule has 0 aromatic carbocycles. The number of quaternary nitrogens is 1. The Balaban J connectivity index is 2.35. The van der Waals surface area contributed by atoms with Crippen molar-refractivity contribution in [3.05, 3.63) is 0 Å². The quantitative estimate of drug-likeness (QED) is 0.370. The molecule has 0 saturated carbocycles. The molecule has 25 heavy (non-hydrogen) atoms. The summed E-state index contributed by atoms with van der Waals surface area (Å²) in [5, 5.41) is 19.2. The second-order valence-corrected chi connectivity index (χ2v) is 7.15. The van der Waals surface area contributed by atoms with Gasteiger partial charge in [0.05, 0.1) is 6.54 Å². The predicted octanol–water partition coefficient (Wildman–Crippen LogP) is 3.13. The summed E-state index contributed by atoms with van der Waals surface area (Å²) in [4.78, 5) is 27.9. The van der Waals surface area contributed by atoms with Gasteiger partial charge in [-0.1, -0.05) is 58.3 Å². The molecule has 0 saturated heterocycles. The molecular weight excluding hydrogens is 320 g/mol. The van der Waals surface area contributed by atoms with Crippen molar-refractivity contribution in [2.45, 2.75) is 84.3 Å². The standard InChI is InChI=1S/C19H34N2O4/c1-3-4-5-6-7-8-9-10-11-12-17(23)19-20-13-14-21(19,16(2)22)15-18(24)25/h16,22H,3-15H2,1-2H3/p+1. The zero-order chi connectivity index (χ0) is 18.7. The van der Waals surface area contributed by atoms with E-state index in [1.807, 2.05) is 0 Å². The first-order valence-electron chi connectivity index (χ1n) is 9.79. The molecule has 2 unspecified atom stereocenters. The number of unbranched alkanes of at least 4 members (excludes halogenated alkanes) is 8. The van der Waals surface area contributed by atoms with E-state index in [2.05, 4.69) is 11.9 Å². The lowest BCUT2D eigenvalue weighted by atomic mass is 10.0. The number of aliphatic hydroxyl groups is 1. The molecule has 0 spiro atoms. The Bertz CT molecular complexity index is 462. The molecule has 0 aromatic heterocycles. The lowest BCUT2D eigenvalue weighted by Crippen LogP contribution is -2.61. The van der Waals surface area contributed by atoms with Crippen molar-refractivity contribution in [3.8, 4) is 0 Å². The van der Waals surface area contributed by atoms with Gasteiger partial charge in [-0.05, 0) is 6.42 Å². The van der Waals surface area contributed by atoms with Crippen LogP contribution in [0, 0.1) is 0 Å². The number of carboxylic acids is 1. The Hall–Kier alpha value is -1.27. The van der Waals surface area contributed by atoms with E-state index in [0.29, 0.717) is 19.5 Å². The summed E-state index contributed by atoms with van der Waals surface area (Å²) in [5.41, 5.74) is 0. The Labute approximate surface area is 151 Å². The van der Waals surface area contributed by atoms with E-state index in [4.69, 9.17) is 5.11 Å². The van der Waals surface area contributed by atoms with E-state index in [0.717, 1.165) is 19.3 Å². The monoisotopic (exact) mass is 355 g/mol. The number of aliphatic imine (C=N–C) groups is 1. The van der Waals surface area contributed by atoms with Crippen LogP contribution in [0.25, 0.3) is 0 Å². The molecule has 0 aliphatic carbocycles. The van der Waals surface area contributed by atoms with E-state index in [1.165, 1.54) is 45.4 Å². The summed E-state index contributed by atoms with van der Waals surface area (Å²) in [6.45, 7) is 4.24. The van der Waals surface area contributed by atoms with Crippen molar-refractivity contribution in [3.63, 3.8) is 0 Å². The van der Waals surface area contributed by atoms with Crippen molar-refractivity contribution in [1.82, 2.24) is 0 Å². The fraction of sp³-hybridized carbons (Fsp3) is 0.842. The Morgan fingerprint density at radius 3 is 2.16 bits per heavy atom. The lowest BCUT2D eigenvalue weighted by Gasteiger charge is -2.34. The minimum absolute atomic E-state index is 0.109. The fourth-order valence-corrected chi connectivity index (χ4v) is 3.52. The van der Waals surface area contributed by atoms with E-state index < -0.39 is 12.2 Å². The van der Waals surface area contributed by atoms with Crippen LogP contribution < -0.4 is 0 Å². The predicted molar refractivity (Wildman–Crippen MR) is 98.5 cm³/mol. The fourth-order valence-electron chi connectivity index (χ4n) is 3.52. The number of amidine groups is 1. The maximum atomic E-state index is 12.5. The minimum Gasteiger partial charge on any atom is -0.477 e. The smallest absolute Gasteiger partial charge is 0.359 e. The van der Waals surface area contributed by atoms with Crippen LogP contribution in [-0.4, -0.2) is 58.1 Å². The number of hydrogen-bond donors (Lipinski definition) is 2. The molecule has 2 N–H and O–H groups in total. The summed E-state index contributed by atoms with van der Waals surface area (Å²) < 4.78 is -0.231. The lowest BCUT2D eigenvalue weighted by molar-refractivity contribution is -0.874. The molecule has 2 atom stereocenters. The van der Waals surface area contributed by atoms with Gasteiger partial charge in [-0.25, -0.2) is 14.3 Å². The third-order valence-corrected chi connectivity index (χ3v) is 5.07. The normalized spacial score (nSPS) is 21.2. The first-order chi connectivity index (χ1) is 11.9. The van der Waals surface area contributed by atoms with Crippen molar-refractivity contribution in [1.29, 1.82) is 0 Å². The molecular formula is C19H35N2O4+. The Morgan fingerprint density at radius 2 is 1.64 bits per heavy atom. The summed E-state index contributed by atoms with van der Waals surface area (Å²) >= 11 is 0. The highest BCUT2D eigenvalue weighted by molar-refractivity contribution is 6.36. The van der Waals surface area contributed by atoms with Crippen molar-refractivity contribution < 1.29 is 24.3 Å². The first kappa shape index (κ1) is 21.8. The van der Waals surface area contributed by atoms with Crippen molar-refractivity contribution in [2.75, 3.05) is 19.6 Å². The van der Waals surface area contributed by atoms with Crippen LogP contribution in [0.1, 0.15) is 78.1 Å². The van der Waals surface area contributed by atoms with Crippen LogP contribution in [0.5, 0.6) is 0 Å². The number of nitrogens with zero attached hydrogens (tertiary/aromatic N) is 2. The molecule has 0 amide bonds. The third-order valence-electron chi connectivity index (χ3n) is 5.07. The second-order valence-electron chi connectivity index (χ2n) is 7.15. The van der Waals surface area contributed by atoms with Gasteiger partial charge in [-0.15, -0.1) is 0 Å². The summed E-state index contributed by atoms with van der Waals surface area (Å²) in [6.07, 6.45) is 10.1. The van der Waals surface area contributed by atoms with E-state index in [-0.39, 0.29) is 22.6 Å². The highest BCUT2D eigenvalue weighted by Gasteiger charge is 2.47. The van der Waals surface area contributed by atoms with Crippen molar-refractivity contribution >= 4 is 17.6 Å². The van der Waals surface area contributed by atoms with E-state index >= 15 is 0 Å². The largest absolute Gasteiger partial charge is 0.477 e. The van der Waals surface area contributed by atoms with Gasteiger partial charge in [-0.3, -0.25) is 4.79 Å². The second kappa shape index (κ2) is 11.4. The minimum atomic E-state index is -1.02. The first-order valence-corrected chi connectivity index (χ1v) is 9.79. The van der Waals surface area contributed by atoms with Gasteiger partial charge in [0.2, 0.25) is 5.78 Å². The van der Waals surface area contributed by atoms with Crippen LogP contribution >= 0.6 is 0 Å². The highest BCUT2D eigenvalue weighted by Crippen LogP contribution is 2.21. The number of aliphatic carboxylic acids is 1. The number of carboxylic acid groups (broad SMARTS) is 1. The highest BCUT2D eigenvalue weighted by atomic mass is 16.4. The van der Waals surface area contributed by atoms with Crippen LogP contribution in [-0.2, 0) is 9.59 Å². The number of aliphatic hydroxyl groups excluding tert-OH is 1. The van der Waals surface area contributed by atoms with Crippen LogP contribution in [0.3, 0.4) is 0 Å². The third kappa shape index (κ3) is 6.86. The molecule has 1 aliphatic heterocycles. The van der Waals surface area contributed by atoms with Gasteiger partial charge in [0.25, 0.3) is 5.84 Å². The number of Topliss-reactive ketones (excluding diaryl/α,β-unsaturated/α-hetero) is 1. The molecule has 1 aliphatic rings. The Kier molecular flexibility index (Phi) is 9.90. The van der Waals surface area contributed by atoms with Gasteiger partial charge in [0.15, 0.2) is 12.8 Å². The van der Waals surface area contributed by atoms with Crippen LogP contribution in [0.4, 0.5) is 0 Å². The van der Waals surface area contributed by atoms with E-state index in [1.54, 1.807) is 0 Å². The number of carbonyl (C=O) groups is 2. The molecule has 6 nitrogen and oxygen atoms in total. The maximum absolute atomic E-state index is 12.5. The van der Waals surface area contributed by atoms with Crippen LogP contribution in [0.2, 0.25) is 0 Å². The van der Waals surface area contributed by atoms with Gasteiger partial charge < -0.3 is 10.2 Å². The number of carbonyl (C=O) groups excluding carboxylic acids is 1. The molecule has 0 aromatic rings. The number of ketones is 1. The van der Waals surface area contributed by atoms with Gasteiger partial charge in [-0.2, -0.15) is 0 Å². The van der Waals surface area contributed by atoms with Crippen molar-refractivity contribution in [2.24, 2.45) is 4.99 Å². The van der Waals surface area contributed by atoms with Crippen LogP contribution in [0.15, 0.2) is 4.99 Å². The van der Waals surface area contributed by atoms with Gasteiger partial charge >= 0.3 is 5.97 Å². The molecule has 0 radical (unpaired) electrons. The van der Waals surface area contributed by atoms with Gasteiger partial charge in [0.1, 0.15) is 6.54 Å². The topological polar surface area (TPSA) is 87.0 Å². The Morgan fingerprint density at radius 1 is 1.08 bits per heavy atom. The van der Waals surface area contributed by atoms with Gasteiger partial charge in [0, 0.05) is 13.3 Å². The zero-order valence-corrected chi connectivity index (χ0v) is 15.9. The molecule has 0 fully saturated rings. The molecule has 144 valence electrons. The van der Waals surface area contributed by atoms with E-state index in [9.17, 15) is 14.7 Å². The summed E-state index contributed by atoms with van der Waals surface area (Å²) in [6, 6.07) is 0. The zero-order valence-electron chi connectivity index (χ0n) is 15.9. The molecule has 0 bridgehead atoms. The average molecular weight is 355 g/mol. The number of rotatable bonds is 14. The average Bonchev–Trinajstić information content (AvgIpc) is 2.97. The molecule has 1 rings (SSSR count). The maximum Gasteiger partial charge on any atom is 0.359 e. The SMILES string of the molecule is CCCCCCCCCCCC(=O)C1=NCC[N+]1(CC(=O)O)C(C)O. The number of hydrogen-bond acceptors (Lipinski definition) is 4. The summed E-state index contributed by atoms with van der Waals surface area (Å²) in [7, 11) is 0.